The Morgan fingerprint density at radius 2 is 1.30 bits per heavy atom. The first-order valence-corrected chi connectivity index (χ1v) is 15.2. The van der Waals surface area contributed by atoms with Crippen LogP contribution in [0.4, 0.5) is 36.6 Å². The number of carboxylic acid groups (broad SMARTS) is 1. The second kappa shape index (κ2) is 14.6. The van der Waals surface area contributed by atoms with Crippen molar-refractivity contribution in [2.24, 2.45) is 0 Å². The molecule has 9 nitrogen and oxygen atoms in total. The van der Waals surface area contributed by atoms with E-state index in [9.17, 15) is 35.9 Å². The van der Waals surface area contributed by atoms with Crippen LogP contribution in [0.1, 0.15) is 20.9 Å². The van der Waals surface area contributed by atoms with Gasteiger partial charge in [0, 0.05) is 44.2 Å². The van der Waals surface area contributed by atoms with Crippen molar-refractivity contribution in [1.29, 1.82) is 0 Å². The number of hydrogen-bond acceptors (Lipinski definition) is 7. The zero-order valence-electron chi connectivity index (χ0n) is 23.3. The topological polar surface area (TPSA) is 150 Å². The second-order valence-electron chi connectivity index (χ2n) is 9.39. The number of aromatic nitrogens is 4. The Bertz CT molecular complexity index is 2020. The average Bonchev–Trinajstić information content (AvgIpc) is 3.77. The molecule has 0 fully saturated rings. The molecule has 0 bridgehead atoms. The second-order valence-corrected chi connectivity index (χ2v) is 12.4. The van der Waals surface area contributed by atoms with E-state index in [0.717, 1.165) is 39.1 Å². The normalized spacial score (nSPS) is 11.5. The van der Waals surface area contributed by atoms with Gasteiger partial charge in [0.15, 0.2) is 10.3 Å². The highest BCUT2D eigenvalue weighted by atomic mass is 35.5. The fourth-order valence-corrected chi connectivity index (χ4v) is 5.59. The standard InChI is InChI=1S/C14H9ClF3N3OS.C10H8ClNO2.C4H3F3N2S/c15-8-1-2-9-7(5-19-10(9)4-8)3-12(22)21-13-20-6-11(23-13)14(16,17)18;11-7-1-2-8-6(3-10(13)14)5-12-9(8)4-7;5-4(6,7)2-1-9-3(8)10-2/h1-2,4-6,19H,3H2,(H,20,21,22);1-2,4-5,12H,3H2,(H,13,14);1H,(H2,8,9). The molecule has 0 aliphatic rings. The molecule has 4 heterocycles. The van der Waals surface area contributed by atoms with Crippen LogP contribution >= 0.6 is 45.9 Å². The number of carboxylic acids is 1. The van der Waals surface area contributed by atoms with Gasteiger partial charge >= 0.3 is 18.3 Å². The number of amides is 1. The van der Waals surface area contributed by atoms with Crippen LogP contribution in [-0.4, -0.2) is 36.9 Å². The third kappa shape index (κ3) is 9.84. The van der Waals surface area contributed by atoms with Crippen LogP contribution in [-0.2, 0) is 34.8 Å². The summed E-state index contributed by atoms with van der Waals surface area (Å²) in [5.74, 6) is -1.27. The summed E-state index contributed by atoms with van der Waals surface area (Å²) >= 11 is 12.5. The lowest BCUT2D eigenvalue weighted by Gasteiger charge is -2.02. The molecular weight excluding hydrogens is 717 g/mol. The number of H-pyrrole nitrogens is 2. The minimum absolute atomic E-state index is 0.0164. The summed E-state index contributed by atoms with van der Waals surface area (Å²) in [5.41, 5.74) is 8.14. The number of carbonyl (C=O) groups excluding carboxylic acids is 1. The maximum Gasteiger partial charge on any atom is 0.427 e. The Morgan fingerprint density at radius 1 is 0.809 bits per heavy atom. The first kappa shape index (κ1) is 35.5. The van der Waals surface area contributed by atoms with Gasteiger partial charge in [0.1, 0.15) is 9.75 Å². The SMILES string of the molecule is Nc1ncc(C(F)(F)F)s1.O=C(Cc1c[nH]c2cc(Cl)ccc12)Nc1ncc(C(F)(F)F)s1.O=C(O)Cc1c[nH]c2cc(Cl)ccc12. The Hall–Kier alpha value is -4.32. The van der Waals surface area contributed by atoms with Gasteiger partial charge in [-0.1, -0.05) is 58.0 Å². The first-order valence-electron chi connectivity index (χ1n) is 12.8. The molecule has 6 aromatic rings. The van der Waals surface area contributed by atoms with E-state index >= 15 is 0 Å². The minimum atomic E-state index is -4.46. The molecule has 0 aliphatic carbocycles. The number of fused-ring (bicyclic) bond motifs is 2. The number of nitrogen functional groups attached to an aromatic ring is 1. The lowest BCUT2D eigenvalue weighted by molar-refractivity contribution is -0.136. The number of carbonyl (C=O) groups is 2. The monoisotopic (exact) mass is 736 g/mol. The summed E-state index contributed by atoms with van der Waals surface area (Å²) in [4.78, 5) is 33.7. The largest absolute Gasteiger partial charge is 0.481 e. The maximum absolute atomic E-state index is 12.5. The molecule has 6 N–H and O–H groups in total. The molecule has 0 saturated carbocycles. The van der Waals surface area contributed by atoms with Crippen LogP contribution in [0.5, 0.6) is 0 Å². The van der Waals surface area contributed by atoms with Crippen molar-refractivity contribution in [3.63, 3.8) is 0 Å². The number of benzene rings is 2. The number of nitrogens with one attached hydrogen (secondary N) is 3. The smallest absolute Gasteiger partial charge is 0.427 e. The van der Waals surface area contributed by atoms with E-state index in [-0.39, 0.29) is 23.1 Å². The van der Waals surface area contributed by atoms with Gasteiger partial charge in [0.25, 0.3) is 0 Å². The van der Waals surface area contributed by atoms with Gasteiger partial charge < -0.3 is 26.1 Å². The molecule has 6 rings (SSSR count). The Balaban J connectivity index is 0.000000177. The summed E-state index contributed by atoms with van der Waals surface area (Å²) in [5, 5.41) is 13.8. The third-order valence-electron chi connectivity index (χ3n) is 5.99. The minimum Gasteiger partial charge on any atom is -0.481 e. The van der Waals surface area contributed by atoms with Crippen LogP contribution in [0.2, 0.25) is 10.0 Å². The number of rotatable bonds is 5. The molecule has 0 unspecified atom stereocenters. The number of alkyl halides is 6. The first-order chi connectivity index (χ1) is 22.0. The predicted molar refractivity (Wildman–Crippen MR) is 169 cm³/mol. The highest BCUT2D eigenvalue weighted by Crippen LogP contribution is 2.35. The van der Waals surface area contributed by atoms with Gasteiger partial charge in [0.05, 0.1) is 25.2 Å². The van der Waals surface area contributed by atoms with E-state index in [0.29, 0.717) is 38.9 Å². The van der Waals surface area contributed by atoms with Gasteiger partial charge in [-0.2, -0.15) is 26.3 Å². The number of aliphatic carboxylic acids is 1. The Labute approximate surface area is 278 Å². The van der Waals surface area contributed by atoms with E-state index in [1.165, 1.54) is 0 Å². The molecule has 19 heteroatoms. The van der Waals surface area contributed by atoms with E-state index in [1.807, 2.05) is 6.07 Å². The van der Waals surface area contributed by atoms with Crippen LogP contribution < -0.4 is 11.1 Å². The maximum atomic E-state index is 12.5. The zero-order chi connectivity index (χ0) is 34.5. The highest BCUT2D eigenvalue weighted by molar-refractivity contribution is 7.16. The van der Waals surface area contributed by atoms with Crippen LogP contribution in [0.15, 0.2) is 61.2 Å². The number of anilines is 2. The summed E-state index contributed by atoms with van der Waals surface area (Å²) in [6, 6.07) is 10.6. The van der Waals surface area contributed by atoms with Crippen molar-refractivity contribution in [3.8, 4) is 0 Å². The summed E-state index contributed by atoms with van der Waals surface area (Å²) < 4.78 is 72.6. The van der Waals surface area contributed by atoms with Crippen molar-refractivity contribution < 1.29 is 41.0 Å². The molecule has 0 radical (unpaired) electrons. The van der Waals surface area contributed by atoms with Gasteiger partial charge in [-0.25, -0.2) is 9.97 Å². The third-order valence-corrected chi connectivity index (χ3v) is 8.29. The fourth-order valence-electron chi connectivity index (χ4n) is 3.99. The van der Waals surface area contributed by atoms with Crippen LogP contribution in [0.25, 0.3) is 21.8 Å². The Kier molecular flexibility index (Phi) is 11.1. The number of nitrogens with two attached hydrogens (primary N) is 1. The molecule has 1 amide bonds. The molecule has 2 aromatic carbocycles. The number of thiazole rings is 2. The summed E-state index contributed by atoms with van der Waals surface area (Å²) in [6.07, 6.45) is -3.93. The number of hydrogen-bond donors (Lipinski definition) is 5. The van der Waals surface area contributed by atoms with E-state index < -0.39 is 34.0 Å². The predicted octanol–water partition coefficient (Wildman–Crippen LogP) is 8.67. The van der Waals surface area contributed by atoms with Crippen molar-refractivity contribution >= 4 is 89.8 Å². The number of halogens is 8. The Morgan fingerprint density at radius 3 is 1.72 bits per heavy atom. The van der Waals surface area contributed by atoms with E-state index in [2.05, 4.69) is 25.3 Å². The number of nitrogens with zero attached hydrogens (tertiary/aromatic N) is 2. The van der Waals surface area contributed by atoms with Crippen molar-refractivity contribution in [1.82, 2.24) is 19.9 Å². The lowest BCUT2D eigenvalue weighted by Crippen LogP contribution is -2.13. The van der Waals surface area contributed by atoms with Gasteiger partial charge in [-0.05, 0) is 35.4 Å². The molecule has 0 aliphatic heterocycles. The zero-order valence-corrected chi connectivity index (χ0v) is 26.4. The van der Waals surface area contributed by atoms with Crippen LogP contribution in [0.3, 0.4) is 0 Å². The summed E-state index contributed by atoms with van der Waals surface area (Å²) in [6.45, 7) is 0. The molecule has 4 aromatic heterocycles. The molecule has 0 saturated heterocycles. The van der Waals surface area contributed by atoms with Gasteiger partial charge in [0.2, 0.25) is 5.91 Å². The van der Waals surface area contributed by atoms with Crippen LogP contribution in [0, 0.1) is 0 Å². The van der Waals surface area contributed by atoms with Crippen molar-refractivity contribution in [2.45, 2.75) is 25.2 Å². The average molecular weight is 738 g/mol. The van der Waals surface area contributed by atoms with E-state index in [1.54, 1.807) is 42.7 Å². The van der Waals surface area contributed by atoms with Gasteiger partial charge in [-0.3, -0.25) is 9.59 Å². The molecule has 0 spiro atoms. The van der Waals surface area contributed by atoms with Gasteiger partial charge in [-0.15, -0.1) is 0 Å². The fraction of sp³-hybridized carbons (Fsp3) is 0.143. The summed E-state index contributed by atoms with van der Waals surface area (Å²) in [7, 11) is 0. The molecule has 0 atom stereocenters. The van der Waals surface area contributed by atoms with Crippen molar-refractivity contribution in [2.75, 3.05) is 11.1 Å². The molecular formula is C28H20Cl2F6N6O3S2. The quantitative estimate of drug-likeness (QED) is 0.112. The number of aromatic amines is 2. The van der Waals surface area contributed by atoms with Crippen molar-refractivity contribution in [3.05, 3.63) is 92.1 Å². The molecule has 248 valence electrons. The molecule has 47 heavy (non-hydrogen) atoms. The van der Waals surface area contributed by atoms with E-state index in [4.69, 9.17) is 34.0 Å². The lowest BCUT2D eigenvalue weighted by atomic mass is 10.1. The highest BCUT2D eigenvalue weighted by Gasteiger charge is 2.34.